The summed E-state index contributed by atoms with van der Waals surface area (Å²) in [6.07, 6.45) is 3.81. The van der Waals surface area contributed by atoms with Crippen molar-refractivity contribution in [3.05, 3.63) is 77.9 Å². The minimum Gasteiger partial charge on any atom is -0.393 e. The lowest BCUT2D eigenvalue weighted by atomic mass is 9.97. The average molecular weight is 472 g/mol. The Bertz CT molecular complexity index is 1120. The third kappa shape index (κ3) is 5.68. The van der Waals surface area contributed by atoms with Crippen molar-refractivity contribution >= 4 is 22.4 Å². The number of aliphatic hydroxyl groups excluding tert-OH is 1. The van der Waals surface area contributed by atoms with Crippen LogP contribution in [0, 0.1) is 0 Å². The molecule has 0 saturated carbocycles. The lowest BCUT2D eigenvalue weighted by molar-refractivity contribution is -0.132. The Labute approximate surface area is 208 Å². The first kappa shape index (κ1) is 23.8. The van der Waals surface area contributed by atoms with Crippen LogP contribution in [-0.4, -0.2) is 54.2 Å². The van der Waals surface area contributed by atoms with Crippen LogP contribution in [0.3, 0.4) is 0 Å². The predicted molar refractivity (Wildman–Crippen MR) is 143 cm³/mol. The van der Waals surface area contributed by atoms with Crippen molar-refractivity contribution < 1.29 is 9.90 Å². The maximum Gasteiger partial charge on any atom is 0.226 e. The maximum atomic E-state index is 12.6. The van der Waals surface area contributed by atoms with E-state index in [1.165, 1.54) is 22.0 Å². The van der Waals surface area contributed by atoms with Crippen LogP contribution in [0.25, 0.3) is 10.8 Å². The van der Waals surface area contributed by atoms with E-state index in [2.05, 4.69) is 83.9 Å². The van der Waals surface area contributed by atoms with Gasteiger partial charge in [-0.2, -0.15) is 0 Å². The van der Waals surface area contributed by atoms with Gasteiger partial charge in [-0.1, -0.05) is 54.6 Å². The summed E-state index contributed by atoms with van der Waals surface area (Å²) in [5.74, 6) is 0.164. The van der Waals surface area contributed by atoms with Crippen LogP contribution in [0.4, 0.5) is 5.69 Å². The smallest absolute Gasteiger partial charge is 0.226 e. The first-order valence-electron chi connectivity index (χ1n) is 13.1. The van der Waals surface area contributed by atoms with Gasteiger partial charge < -0.3 is 20.2 Å². The molecule has 5 heteroatoms. The highest BCUT2D eigenvalue weighted by atomic mass is 16.3. The Morgan fingerprint density at radius 2 is 1.60 bits per heavy atom. The number of carbonyl (C=O) groups is 1. The van der Waals surface area contributed by atoms with Crippen molar-refractivity contribution in [1.29, 1.82) is 0 Å². The van der Waals surface area contributed by atoms with Gasteiger partial charge in [-0.3, -0.25) is 4.79 Å². The second-order valence-electron chi connectivity index (χ2n) is 10.2. The summed E-state index contributed by atoms with van der Waals surface area (Å²) in [5.41, 5.74) is 3.67. The van der Waals surface area contributed by atoms with Gasteiger partial charge in [0.15, 0.2) is 0 Å². The fourth-order valence-corrected chi connectivity index (χ4v) is 5.60. The van der Waals surface area contributed by atoms with E-state index >= 15 is 0 Å². The molecule has 1 amide bonds. The first-order valence-corrected chi connectivity index (χ1v) is 13.1. The van der Waals surface area contributed by atoms with E-state index in [-0.39, 0.29) is 12.0 Å². The number of piperidine rings is 2. The highest BCUT2D eigenvalue weighted by Gasteiger charge is 2.23. The van der Waals surface area contributed by atoms with Crippen LogP contribution in [0.5, 0.6) is 0 Å². The average Bonchev–Trinajstić information content (AvgIpc) is 2.89. The molecule has 2 heterocycles. The molecule has 3 aromatic carbocycles. The lowest BCUT2D eigenvalue weighted by Gasteiger charge is -2.35. The number of anilines is 1. The highest BCUT2D eigenvalue weighted by molar-refractivity contribution is 5.86. The molecule has 0 spiro atoms. The van der Waals surface area contributed by atoms with Crippen molar-refractivity contribution in [2.75, 3.05) is 31.1 Å². The van der Waals surface area contributed by atoms with Gasteiger partial charge >= 0.3 is 0 Å². The molecule has 3 aromatic rings. The van der Waals surface area contributed by atoms with Crippen molar-refractivity contribution in [2.45, 2.75) is 57.2 Å². The SMILES string of the molecule is C[C@H](NC1CCN(c2ccc(CC(=O)N3CCC(O)CC3)cc2)CC1)c1cccc2ccccc12. The topological polar surface area (TPSA) is 55.8 Å². The van der Waals surface area contributed by atoms with E-state index in [1.54, 1.807) is 0 Å². The molecular formula is C30H37N3O2. The standard InChI is InChI=1S/C30H37N3O2/c1-22(28-8-4-6-24-5-2-3-7-29(24)28)31-25-13-17-32(18-14-25)26-11-9-23(10-12-26)21-30(35)33-19-15-27(34)16-20-33/h2-12,22,25,27,31,34H,13-21H2,1H3/t22-/m0/s1. The highest BCUT2D eigenvalue weighted by Crippen LogP contribution is 2.27. The summed E-state index contributed by atoms with van der Waals surface area (Å²) in [7, 11) is 0. The number of likely N-dealkylation sites (tertiary alicyclic amines) is 1. The molecule has 0 aromatic heterocycles. The van der Waals surface area contributed by atoms with E-state index in [1.807, 2.05) is 4.90 Å². The quantitative estimate of drug-likeness (QED) is 0.548. The normalized spacial score (nSPS) is 18.7. The van der Waals surface area contributed by atoms with Crippen LogP contribution in [0.2, 0.25) is 0 Å². The number of hydrogen-bond donors (Lipinski definition) is 2. The Hall–Kier alpha value is -2.89. The van der Waals surface area contributed by atoms with Gasteiger partial charge in [-0.05, 0) is 66.6 Å². The Balaban J connectivity index is 1.12. The number of carbonyl (C=O) groups excluding carboxylic acids is 1. The summed E-state index contributed by atoms with van der Waals surface area (Å²) < 4.78 is 0. The van der Waals surface area contributed by atoms with Crippen molar-refractivity contribution in [3.8, 4) is 0 Å². The lowest BCUT2D eigenvalue weighted by Crippen LogP contribution is -2.43. The van der Waals surface area contributed by atoms with Crippen molar-refractivity contribution in [2.24, 2.45) is 0 Å². The summed E-state index contributed by atoms with van der Waals surface area (Å²) in [5, 5.41) is 16.2. The predicted octanol–water partition coefficient (Wildman–Crippen LogP) is 4.69. The molecular weight excluding hydrogens is 434 g/mol. The van der Waals surface area contributed by atoms with Crippen molar-refractivity contribution in [1.82, 2.24) is 10.2 Å². The van der Waals surface area contributed by atoms with Crippen LogP contribution in [0.1, 0.15) is 49.8 Å². The van der Waals surface area contributed by atoms with Gasteiger partial charge in [0, 0.05) is 44.0 Å². The maximum absolute atomic E-state index is 12.6. The van der Waals surface area contributed by atoms with Crippen molar-refractivity contribution in [3.63, 3.8) is 0 Å². The molecule has 0 radical (unpaired) electrons. The Morgan fingerprint density at radius 1 is 0.914 bits per heavy atom. The second-order valence-corrected chi connectivity index (χ2v) is 10.2. The van der Waals surface area contributed by atoms with E-state index in [4.69, 9.17) is 0 Å². The molecule has 35 heavy (non-hydrogen) atoms. The molecule has 2 fully saturated rings. The van der Waals surface area contributed by atoms with Gasteiger partial charge in [0.05, 0.1) is 12.5 Å². The van der Waals surface area contributed by atoms with Gasteiger partial charge in [0.25, 0.3) is 0 Å². The van der Waals surface area contributed by atoms with Crippen LogP contribution >= 0.6 is 0 Å². The molecule has 5 rings (SSSR count). The van der Waals surface area contributed by atoms with E-state index in [0.29, 0.717) is 44.4 Å². The number of fused-ring (bicyclic) bond motifs is 1. The molecule has 1 atom stereocenters. The molecule has 5 nitrogen and oxygen atoms in total. The Morgan fingerprint density at radius 3 is 2.34 bits per heavy atom. The Kier molecular flexibility index (Phi) is 7.35. The van der Waals surface area contributed by atoms with Crippen LogP contribution in [-0.2, 0) is 11.2 Å². The van der Waals surface area contributed by atoms with Gasteiger partial charge in [-0.25, -0.2) is 0 Å². The molecule has 2 N–H and O–H groups in total. The zero-order valence-electron chi connectivity index (χ0n) is 20.7. The number of nitrogens with one attached hydrogen (secondary N) is 1. The van der Waals surface area contributed by atoms with Gasteiger partial charge in [0.2, 0.25) is 5.91 Å². The minimum absolute atomic E-state index is 0.164. The summed E-state index contributed by atoms with van der Waals surface area (Å²) in [4.78, 5) is 16.9. The molecule has 0 aliphatic carbocycles. The summed E-state index contributed by atoms with van der Waals surface area (Å²) >= 11 is 0. The number of hydrogen-bond acceptors (Lipinski definition) is 4. The van der Waals surface area contributed by atoms with E-state index in [9.17, 15) is 9.90 Å². The molecule has 2 saturated heterocycles. The van der Waals surface area contributed by atoms with Crippen LogP contribution < -0.4 is 10.2 Å². The zero-order valence-corrected chi connectivity index (χ0v) is 20.7. The fourth-order valence-electron chi connectivity index (χ4n) is 5.60. The van der Waals surface area contributed by atoms with E-state index < -0.39 is 0 Å². The largest absolute Gasteiger partial charge is 0.393 e. The third-order valence-corrected chi connectivity index (χ3v) is 7.74. The molecule has 0 unspecified atom stereocenters. The van der Waals surface area contributed by atoms with Gasteiger partial charge in [0.1, 0.15) is 0 Å². The second kappa shape index (κ2) is 10.8. The molecule has 0 bridgehead atoms. The number of nitrogens with zero attached hydrogens (tertiary/aromatic N) is 2. The molecule has 2 aliphatic rings. The molecule has 184 valence electrons. The van der Waals surface area contributed by atoms with Gasteiger partial charge in [-0.15, -0.1) is 0 Å². The van der Waals surface area contributed by atoms with Crippen LogP contribution in [0.15, 0.2) is 66.7 Å². The molecule has 2 aliphatic heterocycles. The number of aliphatic hydroxyl groups is 1. The minimum atomic E-state index is -0.251. The zero-order chi connectivity index (χ0) is 24.2. The summed E-state index contributed by atoms with van der Waals surface area (Å²) in [6, 6.07) is 24.6. The summed E-state index contributed by atoms with van der Waals surface area (Å²) in [6.45, 7) is 5.68. The number of benzene rings is 3. The number of amides is 1. The fraction of sp³-hybridized carbons (Fsp3) is 0.433. The third-order valence-electron chi connectivity index (χ3n) is 7.74. The van der Waals surface area contributed by atoms with E-state index in [0.717, 1.165) is 31.5 Å². The number of rotatable bonds is 6. The first-order chi connectivity index (χ1) is 17.1. The monoisotopic (exact) mass is 471 g/mol.